The van der Waals surface area contributed by atoms with E-state index in [9.17, 15) is 4.79 Å². The summed E-state index contributed by atoms with van der Waals surface area (Å²) in [4.78, 5) is 20.7. The van der Waals surface area contributed by atoms with Crippen molar-refractivity contribution in [2.24, 2.45) is 0 Å². The van der Waals surface area contributed by atoms with E-state index in [1.165, 1.54) is 5.56 Å². The molecular formula is C20H26N4O2. The Bertz CT molecular complexity index is 767. The molecule has 3 heterocycles. The van der Waals surface area contributed by atoms with Crippen LogP contribution >= 0.6 is 0 Å². The first-order chi connectivity index (χ1) is 12.7. The van der Waals surface area contributed by atoms with Gasteiger partial charge in [-0.15, -0.1) is 0 Å². The lowest BCUT2D eigenvalue weighted by Crippen LogP contribution is -2.35. The first kappa shape index (κ1) is 17.2. The molecule has 6 nitrogen and oxygen atoms in total. The van der Waals surface area contributed by atoms with Crippen LogP contribution in [0.3, 0.4) is 0 Å². The largest absolute Gasteiger partial charge is 0.379 e. The summed E-state index contributed by atoms with van der Waals surface area (Å²) in [7, 11) is 1.90. The molecule has 4 rings (SSSR count). The highest BCUT2D eigenvalue weighted by atomic mass is 16.5. The number of carbonyl (C=O) groups is 1. The van der Waals surface area contributed by atoms with Crippen LogP contribution in [0.4, 0.5) is 0 Å². The number of ether oxygens (including phenoxy) is 1. The average molecular weight is 354 g/mol. The Morgan fingerprint density at radius 3 is 2.88 bits per heavy atom. The molecule has 2 saturated heterocycles. The molecule has 0 saturated carbocycles. The van der Waals surface area contributed by atoms with E-state index in [0.717, 1.165) is 57.2 Å². The Balaban J connectivity index is 1.50. The number of rotatable bonds is 5. The minimum Gasteiger partial charge on any atom is -0.379 e. The maximum Gasteiger partial charge on any atom is 0.222 e. The Morgan fingerprint density at radius 2 is 2.12 bits per heavy atom. The van der Waals surface area contributed by atoms with Gasteiger partial charge in [-0.2, -0.15) is 0 Å². The third kappa shape index (κ3) is 3.66. The van der Waals surface area contributed by atoms with Gasteiger partial charge in [-0.25, -0.2) is 4.98 Å². The van der Waals surface area contributed by atoms with Crippen molar-refractivity contribution in [3.05, 3.63) is 42.2 Å². The van der Waals surface area contributed by atoms with E-state index in [1.807, 2.05) is 24.3 Å². The summed E-state index contributed by atoms with van der Waals surface area (Å²) in [6, 6.07) is 8.89. The molecule has 138 valence electrons. The number of nitrogens with zero attached hydrogens (tertiary/aromatic N) is 4. The van der Waals surface area contributed by atoms with Gasteiger partial charge in [-0.3, -0.25) is 9.69 Å². The van der Waals surface area contributed by atoms with Gasteiger partial charge in [-0.05, 0) is 18.1 Å². The van der Waals surface area contributed by atoms with E-state index in [1.54, 1.807) is 0 Å². The molecule has 2 fully saturated rings. The lowest BCUT2D eigenvalue weighted by atomic mass is 10.1. The summed E-state index contributed by atoms with van der Waals surface area (Å²) in [6.45, 7) is 5.35. The lowest BCUT2D eigenvalue weighted by molar-refractivity contribution is -0.127. The van der Waals surface area contributed by atoms with Crippen LogP contribution < -0.4 is 0 Å². The van der Waals surface area contributed by atoms with E-state index in [4.69, 9.17) is 4.74 Å². The lowest BCUT2D eigenvalue weighted by Gasteiger charge is -2.26. The fourth-order valence-electron chi connectivity index (χ4n) is 3.85. The van der Waals surface area contributed by atoms with Crippen molar-refractivity contribution < 1.29 is 9.53 Å². The molecule has 26 heavy (non-hydrogen) atoms. The summed E-state index contributed by atoms with van der Waals surface area (Å²) in [5, 5.41) is 0. The molecule has 6 heteroatoms. The number of likely N-dealkylation sites (N-methyl/N-ethyl adjacent to an activating group) is 1. The molecule has 0 aliphatic carbocycles. The summed E-state index contributed by atoms with van der Waals surface area (Å²) in [5.41, 5.74) is 2.43. The van der Waals surface area contributed by atoms with Crippen molar-refractivity contribution in [1.29, 1.82) is 0 Å². The molecule has 0 bridgehead atoms. The Hall–Kier alpha value is -2.18. The molecular weight excluding hydrogens is 328 g/mol. The normalized spacial score (nSPS) is 21.5. The monoisotopic (exact) mass is 354 g/mol. The van der Waals surface area contributed by atoms with Crippen molar-refractivity contribution in [2.45, 2.75) is 32.0 Å². The van der Waals surface area contributed by atoms with E-state index in [2.05, 4.69) is 38.7 Å². The smallest absolute Gasteiger partial charge is 0.222 e. The van der Waals surface area contributed by atoms with Crippen LogP contribution in [0, 0.1) is 0 Å². The van der Waals surface area contributed by atoms with Gasteiger partial charge in [0.25, 0.3) is 0 Å². The molecule has 0 radical (unpaired) electrons. The molecule has 0 unspecified atom stereocenters. The number of morpholine rings is 1. The van der Waals surface area contributed by atoms with E-state index in [0.29, 0.717) is 6.42 Å². The number of amides is 1. The summed E-state index contributed by atoms with van der Waals surface area (Å²) in [5.74, 6) is 1.21. The molecule has 0 N–H and O–H groups in total. The third-order valence-electron chi connectivity index (χ3n) is 5.45. The number of carbonyl (C=O) groups excluding carboxylic acids is 1. The summed E-state index contributed by atoms with van der Waals surface area (Å²) in [6.07, 6.45) is 5.44. The van der Waals surface area contributed by atoms with E-state index >= 15 is 0 Å². The first-order valence-electron chi connectivity index (χ1n) is 9.37. The zero-order valence-corrected chi connectivity index (χ0v) is 15.3. The fraction of sp³-hybridized carbons (Fsp3) is 0.500. The van der Waals surface area contributed by atoms with E-state index in [-0.39, 0.29) is 11.9 Å². The molecule has 2 aromatic rings. The first-order valence-corrected chi connectivity index (χ1v) is 9.37. The highest BCUT2D eigenvalue weighted by Crippen LogP contribution is 2.23. The molecule has 2 aliphatic heterocycles. The number of imidazole rings is 1. The second kappa shape index (κ2) is 7.60. The number of likely N-dealkylation sites (tertiary alicyclic amines) is 1. The quantitative estimate of drug-likeness (QED) is 0.824. The van der Waals surface area contributed by atoms with Crippen LogP contribution in [-0.4, -0.2) is 64.7 Å². The van der Waals surface area contributed by atoms with Crippen LogP contribution in [0.5, 0.6) is 0 Å². The molecule has 2 aliphatic rings. The molecule has 1 aromatic carbocycles. The van der Waals surface area contributed by atoms with Gasteiger partial charge in [0, 0.05) is 63.6 Å². The Labute approximate surface area is 154 Å². The highest BCUT2D eigenvalue weighted by molar-refractivity contribution is 5.78. The zero-order chi connectivity index (χ0) is 17.9. The fourth-order valence-corrected chi connectivity index (χ4v) is 3.85. The van der Waals surface area contributed by atoms with Crippen molar-refractivity contribution >= 4 is 5.91 Å². The van der Waals surface area contributed by atoms with Crippen molar-refractivity contribution in [3.8, 4) is 11.4 Å². The van der Waals surface area contributed by atoms with Crippen LogP contribution in [0.1, 0.15) is 18.4 Å². The van der Waals surface area contributed by atoms with Crippen LogP contribution in [-0.2, 0) is 22.6 Å². The van der Waals surface area contributed by atoms with Crippen LogP contribution in [0.2, 0.25) is 0 Å². The van der Waals surface area contributed by atoms with Crippen LogP contribution in [0.25, 0.3) is 11.4 Å². The van der Waals surface area contributed by atoms with Gasteiger partial charge in [0.05, 0.1) is 13.2 Å². The molecule has 1 atom stereocenters. The predicted octanol–water partition coefficient (Wildman–Crippen LogP) is 2.00. The number of aromatic nitrogens is 2. The van der Waals surface area contributed by atoms with Crippen molar-refractivity contribution in [2.75, 3.05) is 33.4 Å². The predicted molar refractivity (Wildman–Crippen MR) is 99.6 cm³/mol. The van der Waals surface area contributed by atoms with Crippen molar-refractivity contribution in [3.63, 3.8) is 0 Å². The third-order valence-corrected chi connectivity index (χ3v) is 5.45. The number of hydrogen-bond donors (Lipinski definition) is 0. The number of hydrogen-bond acceptors (Lipinski definition) is 4. The maximum atomic E-state index is 11.8. The minimum absolute atomic E-state index is 0.240. The van der Waals surface area contributed by atoms with Crippen LogP contribution in [0.15, 0.2) is 36.7 Å². The maximum absolute atomic E-state index is 11.8. The standard InChI is InChI=1S/C20H26N4O2/c1-22-18(5-6-19(22)25)15-24-8-7-21-20(24)17-4-2-3-16(13-17)14-23-9-11-26-12-10-23/h2-4,7-8,13,18H,5-6,9-12,14-15H2,1H3/t18-/m1/s1. The molecule has 1 aromatic heterocycles. The summed E-state index contributed by atoms with van der Waals surface area (Å²) >= 11 is 0. The van der Waals surface area contributed by atoms with Gasteiger partial charge < -0.3 is 14.2 Å². The SMILES string of the molecule is CN1C(=O)CC[C@@H]1Cn1ccnc1-c1cccc(CN2CCOCC2)c1. The minimum atomic E-state index is 0.240. The van der Waals surface area contributed by atoms with Crippen molar-refractivity contribution in [1.82, 2.24) is 19.4 Å². The van der Waals surface area contributed by atoms with E-state index < -0.39 is 0 Å². The average Bonchev–Trinajstić information content (AvgIpc) is 3.25. The highest BCUT2D eigenvalue weighted by Gasteiger charge is 2.28. The Kier molecular flexibility index (Phi) is 5.04. The van der Waals surface area contributed by atoms with Gasteiger partial charge in [-0.1, -0.05) is 18.2 Å². The molecule has 1 amide bonds. The number of benzene rings is 1. The second-order valence-corrected chi connectivity index (χ2v) is 7.19. The van der Waals surface area contributed by atoms with Gasteiger partial charge >= 0.3 is 0 Å². The summed E-state index contributed by atoms with van der Waals surface area (Å²) < 4.78 is 7.61. The second-order valence-electron chi connectivity index (χ2n) is 7.19. The molecule has 0 spiro atoms. The zero-order valence-electron chi connectivity index (χ0n) is 15.3. The van der Waals surface area contributed by atoms with Gasteiger partial charge in [0.1, 0.15) is 5.82 Å². The van der Waals surface area contributed by atoms with Gasteiger partial charge in [0.15, 0.2) is 0 Å². The topological polar surface area (TPSA) is 50.6 Å². The Morgan fingerprint density at radius 1 is 1.27 bits per heavy atom. The van der Waals surface area contributed by atoms with Gasteiger partial charge in [0.2, 0.25) is 5.91 Å².